The van der Waals surface area contributed by atoms with E-state index >= 15 is 0 Å². The molecule has 1 N–H and O–H groups in total. The lowest BCUT2D eigenvalue weighted by Crippen LogP contribution is -2.38. The number of amides is 1. The highest BCUT2D eigenvalue weighted by atomic mass is 16.5. The zero-order chi connectivity index (χ0) is 21.7. The number of rotatable bonds is 7. The molecule has 2 aromatic rings. The molecule has 1 aliphatic heterocycles. The first kappa shape index (κ1) is 22.2. The van der Waals surface area contributed by atoms with Crippen molar-refractivity contribution in [2.45, 2.75) is 65.5 Å². The van der Waals surface area contributed by atoms with Crippen molar-refractivity contribution < 1.29 is 9.53 Å². The highest BCUT2D eigenvalue weighted by Crippen LogP contribution is 2.27. The van der Waals surface area contributed by atoms with E-state index < -0.39 is 6.10 Å². The molecule has 0 bridgehead atoms. The summed E-state index contributed by atoms with van der Waals surface area (Å²) in [4.78, 5) is 15.2. The van der Waals surface area contributed by atoms with E-state index in [-0.39, 0.29) is 11.9 Å². The minimum atomic E-state index is -0.554. The summed E-state index contributed by atoms with van der Waals surface area (Å²) >= 11 is 0. The fourth-order valence-corrected chi connectivity index (χ4v) is 3.96. The number of nitrogens with zero attached hydrogens (tertiary/aromatic N) is 1. The molecule has 0 spiro atoms. The van der Waals surface area contributed by atoms with Crippen LogP contribution in [0.15, 0.2) is 48.5 Å². The van der Waals surface area contributed by atoms with Gasteiger partial charge in [0.05, 0.1) is 6.04 Å². The molecule has 1 amide bonds. The Kier molecular flexibility index (Phi) is 7.41. The monoisotopic (exact) mass is 408 g/mol. The molecule has 1 fully saturated rings. The molecule has 2 unspecified atom stereocenters. The molecule has 162 valence electrons. The van der Waals surface area contributed by atoms with Crippen molar-refractivity contribution in [3.63, 3.8) is 0 Å². The Balaban J connectivity index is 1.57. The van der Waals surface area contributed by atoms with Crippen LogP contribution in [0.25, 0.3) is 0 Å². The topological polar surface area (TPSA) is 41.6 Å². The Morgan fingerprint density at radius 2 is 1.63 bits per heavy atom. The van der Waals surface area contributed by atoms with Crippen LogP contribution in [0.1, 0.15) is 70.5 Å². The van der Waals surface area contributed by atoms with Gasteiger partial charge in [-0.1, -0.05) is 51.1 Å². The van der Waals surface area contributed by atoms with Crippen LogP contribution < -0.4 is 15.0 Å². The molecular weight excluding hydrogens is 372 g/mol. The van der Waals surface area contributed by atoms with Gasteiger partial charge in [-0.05, 0) is 67.9 Å². The van der Waals surface area contributed by atoms with Gasteiger partial charge in [-0.3, -0.25) is 4.79 Å². The molecule has 4 heteroatoms. The van der Waals surface area contributed by atoms with Crippen molar-refractivity contribution >= 4 is 11.6 Å². The minimum absolute atomic E-state index is 0.0701. The van der Waals surface area contributed by atoms with Crippen molar-refractivity contribution in [3.05, 3.63) is 59.7 Å². The molecule has 1 saturated heterocycles. The van der Waals surface area contributed by atoms with Gasteiger partial charge in [0.2, 0.25) is 0 Å². The molecule has 0 radical (unpaired) electrons. The summed E-state index contributed by atoms with van der Waals surface area (Å²) in [6.07, 6.45) is 1.96. The lowest BCUT2D eigenvalue weighted by Gasteiger charge is -2.32. The summed E-state index contributed by atoms with van der Waals surface area (Å²) in [5.41, 5.74) is 3.49. The van der Waals surface area contributed by atoms with E-state index in [4.69, 9.17) is 4.74 Å². The van der Waals surface area contributed by atoms with Crippen LogP contribution in [0.4, 0.5) is 5.69 Å². The van der Waals surface area contributed by atoms with E-state index in [2.05, 4.69) is 61.3 Å². The van der Waals surface area contributed by atoms with Crippen molar-refractivity contribution in [1.29, 1.82) is 0 Å². The lowest BCUT2D eigenvalue weighted by atomic mass is 9.98. The smallest absolute Gasteiger partial charge is 0.261 e. The van der Waals surface area contributed by atoms with Crippen LogP contribution in [0.3, 0.4) is 0 Å². The summed E-state index contributed by atoms with van der Waals surface area (Å²) in [5, 5.41) is 3.09. The summed E-state index contributed by atoms with van der Waals surface area (Å²) in [7, 11) is 0. The van der Waals surface area contributed by atoms with Crippen LogP contribution in [0.5, 0.6) is 5.75 Å². The number of carbonyl (C=O) groups is 1. The first-order valence-electron chi connectivity index (χ1n) is 11.3. The summed E-state index contributed by atoms with van der Waals surface area (Å²) in [6, 6.07) is 16.5. The van der Waals surface area contributed by atoms with E-state index in [0.717, 1.165) is 35.9 Å². The van der Waals surface area contributed by atoms with E-state index in [1.54, 1.807) is 6.92 Å². The highest BCUT2D eigenvalue weighted by Gasteiger charge is 2.20. The molecule has 4 nitrogen and oxygen atoms in total. The highest BCUT2D eigenvalue weighted by molar-refractivity contribution is 5.81. The molecule has 1 heterocycles. The van der Waals surface area contributed by atoms with Gasteiger partial charge in [0.15, 0.2) is 6.10 Å². The normalized spacial score (nSPS) is 16.9. The molecule has 30 heavy (non-hydrogen) atoms. The number of hydrogen-bond donors (Lipinski definition) is 1. The maximum atomic E-state index is 12.7. The molecular formula is C26H36N2O2. The van der Waals surface area contributed by atoms with E-state index in [9.17, 15) is 4.79 Å². The first-order valence-corrected chi connectivity index (χ1v) is 11.3. The largest absolute Gasteiger partial charge is 0.481 e. The Morgan fingerprint density at radius 3 is 2.27 bits per heavy atom. The maximum absolute atomic E-state index is 12.7. The van der Waals surface area contributed by atoms with Gasteiger partial charge >= 0.3 is 0 Å². The second kappa shape index (κ2) is 10.0. The molecule has 0 aromatic heterocycles. The van der Waals surface area contributed by atoms with Crippen LogP contribution in [0.2, 0.25) is 0 Å². The number of anilines is 1. The Morgan fingerprint density at radius 1 is 1.00 bits per heavy atom. The van der Waals surface area contributed by atoms with Gasteiger partial charge < -0.3 is 15.0 Å². The number of hydrogen-bond acceptors (Lipinski definition) is 3. The Hall–Kier alpha value is -2.49. The van der Waals surface area contributed by atoms with Crippen LogP contribution in [-0.4, -0.2) is 25.1 Å². The molecule has 0 saturated carbocycles. The summed E-state index contributed by atoms with van der Waals surface area (Å²) < 4.78 is 5.99. The molecule has 1 aliphatic rings. The zero-order valence-electron chi connectivity index (χ0n) is 19.0. The fourth-order valence-electron chi connectivity index (χ4n) is 3.96. The second-order valence-corrected chi connectivity index (χ2v) is 8.94. The van der Waals surface area contributed by atoms with E-state index in [0.29, 0.717) is 5.92 Å². The third-order valence-electron chi connectivity index (χ3n) is 6.11. The molecule has 2 aromatic carbocycles. The molecule has 2 atom stereocenters. The number of ether oxygens (including phenoxy) is 1. The van der Waals surface area contributed by atoms with Crippen LogP contribution >= 0.6 is 0 Å². The predicted molar refractivity (Wildman–Crippen MR) is 124 cm³/mol. The second-order valence-electron chi connectivity index (χ2n) is 8.94. The SMILES string of the molecule is CC1CCN(c2ccc(C(C)NC(=O)C(C)Oc3ccccc3C(C)C)cc2)CC1. The average Bonchev–Trinajstić information content (AvgIpc) is 2.74. The third kappa shape index (κ3) is 5.56. The van der Waals surface area contributed by atoms with E-state index in [1.165, 1.54) is 18.5 Å². The lowest BCUT2D eigenvalue weighted by molar-refractivity contribution is -0.127. The minimum Gasteiger partial charge on any atom is -0.481 e. The van der Waals surface area contributed by atoms with Crippen molar-refractivity contribution in [1.82, 2.24) is 5.32 Å². The van der Waals surface area contributed by atoms with Gasteiger partial charge in [-0.2, -0.15) is 0 Å². The van der Waals surface area contributed by atoms with Crippen molar-refractivity contribution in [2.24, 2.45) is 5.92 Å². The number of benzene rings is 2. The fraction of sp³-hybridized carbons (Fsp3) is 0.500. The van der Waals surface area contributed by atoms with E-state index in [1.807, 2.05) is 25.1 Å². The van der Waals surface area contributed by atoms with Crippen LogP contribution in [0, 0.1) is 5.92 Å². The quantitative estimate of drug-likeness (QED) is 0.640. The molecule has 3 rings (SSSR count). The predicted octanol–water partition coefficient (Wildman–Crippen LogP) is 5.69. The van der Waals surface area contributed by atoms with Crippen molar-refractivity contribution in [3.8, 4) is 5.75 Å². The first-order chi connectivity index (χ1) is 14.3. The Labute approximate surface area is 181 Å². The molecule has 0 aliphatic carbocycles. The standard InChI is InChI=1S/C26H36N2O2/c1-18(2)24-8-6-7-9-25(24)30-21(5)26(29)27-20(4)22-10-12-23(13-11-22)28-16-14-19(3)15-17-28/h6-13,18-21H,14-17H2,1-5H3,(H,27,29). The average molecular weight is 409 g/mol. The third-order valence-corrected chi connectivity index (χ3v) is 6.11. The number of para-hydroxylation sites is 1. The number of carbonyl (C=O) groups excluding carboxylic acids is 1. The van der Waals surface area contributed by atoms with Crippen LogP contribution in [-0.2, 0) is 4.79 Å². The zero-order valence-corrected chi connectivity index (χ0v) is 19.0. The van der Waals surface area contributed by atoms with Gasteiger partial charge in [-0.15, -0.1) is 0 Å². The van der Waals surface area contributed by atoms with Gasteiger partial charge in [0.1, 0.15) is 5.75 Å². The van der Waals surface area contributed by atoms with Gasteiger partial charge in [0.25, 0.3) is 5.91 Å². The summed E-state index contributed by atoms with van der Waals surface area (Å²) in [6.45, 7) is 12.7. The van der Waals surface area contributed by atoms with Gasteiger partial charge in [-0.25, -0.2) is 0 Å². The number of piperidine rings is 1. The van der Waals surface area contributed by atoms with Gasteiger partial charge in [0, 0.05) is 18.8 Å². The van der Waals surface area contributed by atoms with Crippen molar-refractivity contribution in [2.75, 3.05) is 18.0 Å². The maximum Gasteiger partial charge on any atom is 0.261 e. The summed E-state index contributed by atoms with van der Waals surface area (Å²) in [5.74, 6) is 1.85. The number of nitrogens with one attached hydrogen (secondary N) is 1. The Bertz CT molecular complexity index is 823.